The van der Waals surface area contributed by atoms with Gasteiger partial charge >= 0.3 is 0 Å². The molecule has 2 aromatic rings. The van der Waals surface area contributed by atoms with Crippen molar-refractivity contribution in [2.24, 2.45) is 0 Å². The van der Waals surface area contributed by atoms with Crippen LogP contribution < -0.4 is 4.72 Å². The van der Waals surface area contributed by atoms with Gasteiger partial charge in [-0.05, 0) is 36.1 Å². The lowest BCUT2D eigenvalue weighted by Crippen LogP contribution is -2.14. The van der Waals surface area contributed by atoms with Crippen LogP contribution in [0.1, 0.15) is 10.4 Å². The van der Waals surface area contributed by atoms with Gasteiger partial charge in [0.25, 0.3) is 10.0 Å². The molecule has 7 heteroatoms. The molecule has 0 spiro atoms. The molecule has 0 aliphatic carbocycles. The summed E-state index contributed by atoms with van der Waals surface area (Å²) in [5, 5.41) is 10.7. The number of thiophene rings is 1. The van der Waals surface area contributed by atoms with E-state index in [1.807, 2.05) is 0 Å². The predicted octanol–water partition coefficient (Wildman–Crippen LogP) is 2.49. The number of hydrogen-bond acceptors (Lipinski definition) is 4. The van der Waals surface area contributed by atoms with Crippen molar-refractivity contribution in [3.63, 3.8) is 0 Å². The summed E-state index contributed by atoms with van der Waals surface area (Å²) < 4.78 is 39.8. The van der Waals surface area contributed by atoms with Crippen LogP contribution in [0.15, 0.2) is 34.5 Å². The van der Waals surface area contributed by atoms with Crippen molar-refractivity contribution in [3.05, 3.63) is 45.9 Å². The molecular formula is C12H12FNO3S2. The summed E-state index contributed by atoms with van der Waals surface area (Å²) >= 11 is 1.15. The van der Waals surface area contributed by atoms with Gasteiger partial charge in [0, 0.05) is 0 Å². The van der Waals surface area contributed by atoms with Crippen molar-refractivity contribution >= 4 is 27.0 Å². The lowest BCUT2D eigenvalue weighted by atomic mass is 10.2. The molecule has 1 aromatic heterocycles. The van der Waals surface area contributed by atoms with Crippen LogP contribution >= 0.6 is 11.3 Å². The van der Waals surface area contributed by atoms with Gasteiger partial charge in [0.15, 0.2) is 0 Å². The van der Waals surface area contributed by atoms with E-state index in [1.54, 1.807) is 12.3 Å². The van der Waals surface area contributed by atoms with E-state index < -0.39 is 15.8 Å². The number of benzene rings is 1. The topological polar surface area (TPSA) is 66.4 Å². The minimum Gasteiger partial charge on any atom is -0.391 e. The second kappa shape index (κ2) is 5.28. The van der Waals surface area contributed by atoms with Crippen LogP contribution in [-0.2, 0) is 16.6 Å². The standard InChI is InChI=1S/C12H12FNO3S2/c1-8-2-3-9(13)6-10(8)14-19(16,17)12-4-5-18-11(12)7-15/h2-6,14-15H,7H2,1H3. The predicted molar refractivity (Wildman–Crippen MR) is 72.2 cm³/mol. The molecular weight excluding hydrogens is 289 g/mol. The van der Waals surface area contributed by atoms with Crippen molar-refractivity contribution in [2.75, 3.05) is 4.72 Å². The summed E-state index contributed by atoms with van der Waals surface area (Å²) in [6.07, 6.45) is 0. The molecule has 19 heavy (non-hydrogen) atoms. The van der Waals surface area contributed by atoms with E-state index >= 15 is 0 Å². The fourth-order valence-corrected chi connectivity index (χ4v) is 4.01. The molecule has 2 rings (SSSR count). The molecule has 0 unspecified atom stereocenters. The summed E-state index contributed by atoms with van der Waals surface area (Å²) in [6.45, 7) is 1.33. The zero-order valence-electron chi connectivity index (χ0n) is 10.1. The van der Waals surface area contributed by atoms with E-state index in [1.165, 1.54) is 18.2 Å². The molecule has 102 valence electrons. The highest BCUT2D eigenvalue weighted by molar-refractivity contribution is 7.93. The van der Waals surface area contributed by atoms with E-state index in [2.05, 4.69) is 4.72 Å². The summed E-state index contributed by atoms with van der Waals surface area (Å²) in [4.78, 5) is 0.366. The summed E-state index contributed by atoms with van der Waals surface area (Å²) in [6, 6.07) is 5.29. The maximum Gasteiger partial charge on any atom is 0.263 e. The zero-order chi connectivity index (χ0) is 14.0. The van der Waals surface area contributed by atoms with Gasteiger partial charge in [-0.2, -0.15) is 0 Å². The number of aliphatic hydroxyl groups is 1. The zero-order valence-corrected chi connectivity index (χ0v) is 11.7. The number of aliphatic hydroxyl groups excluding tert-OH is 1. The molecule has 0 aliphatic heterocycles. The van der Waals surface area contributed by atoms with Gasteiger partial charge in [0.1, 0.15) is 10.7 Å². The lowest BCUT2D eigenvalue weighted by molar-refractivity contribution is 0.282. The second-order valence-electron chi connectivity index (χ2n) is 3.93. The quantitative estimate of drug-likeness (QED) is 0.912. The summed E-state index contributed by atoms with van der Waals surface area (Å²) in [5.41, 5.74) is 0.806. The first-order chi connectivity index (χ1) is 8.94. The second-order valence-corrected chi connectivity index (χ2v) is 6.58. The molecule has 1 aromatic carbocycles. The Labute approximate surface area is 114 Å². The van der Waals surface area contributed by atoms with Crippen LogP contribution in [-0.4, -0.2) is 13.5 Å². The molecule has 0 amide bonds. The normalized spacial score (nSPS) is 11.5. The molecule has 1 heterocycles. The Bertz CT molecular complexity index is 695. The Balaban J connectivity index is 2.39. The first-order valence-corrected chi connectivity index (χ1v) is 7.76. The third-order valence-electron chi connectivity index (χ3n) is 2.58. The first kappa shape index (κ1) is 14.0. The fraction of sp³-hybridized carbons (Fsp3) is 0.167. The molecule has 0 radical (unpaired) electrons. The number of rotatable bonds is 4. The van der Waals surface area contributed by atoms with Crippen molar-refractivity contribution in [1.29, 1.82) is 0 Å². The first-order valence-electron chi connectivity index (χ1n) is 5.40. The smallest absolute Gasteiger partial charge is 0.263 e. The number of hydrogen-bond donors (Lipinski definition) is 2. The number of sulfonamides is 1. The maximum absolute atomic E-state index is 13.1. The van der Waals surface area contributed by atoms with Crippen molar-refractivity contribution in [1.82, 2.24) is 0 Å². The molecule has 0 saturated heterocycles. The fourth-order valence-electron chi connectivity index (χ4n) is 1.59. The highest BCUT2D eigenvalue weighted by atomic mass is 32.2. The minimum atomic E-state index is -3.82. The Kier molecular flexibility index (Phi) is 3.88. The number of nitrogens with one attached hydrogen (secondary N) is 1. The van der Waals surface area contributed by atoms with Crippen molar-refractivity contribution in [2.45, 2.75) is 18.4 Å². The maximum atomic E-state index is 13.1. The van der Waals surface area contributed by atoms with Gasteiger partial charge in [0.05, 0.1) is 17.2 Å². The van der Waals surface area contributed by atoms with Gasteiger partial charge in [-0.1, -0.05) is 6.07 Å². The Hall–Kier alpha value is -1.44. The molecule has 4 nitrogen and oxygen atoms in total. The van der Waals surface area contributed by atoms with Crippen LogP contribution in [0.3, 0.4) is 0 Å². The van der Waals surface area contributed by atoms with E-state index in [-0.39, 0.29) is 17.2 Å². The number of anilines is 1. The molecule has 0 aliphatic rings. The van der Waals surface area contributed by atoms with Gasteiger partial charge < -0.3 is 5.11 Å². The molecule has 0 saturated carbocycles. The van der Waals surface area contributed by atoms with E-state index in [9.17, 15) is 12.8 Å². The monoisotopic (exact) mass is 301 g/mol. The third kappa shape index (κ3) is 2.94. The van der Waals surface area contributed by atoms with E-state index in [0.717, 1.165) is 17.4 Å². The SMILES string of the molecule is Cc1ccc(F)cc1NS(=O)(=O)c1ccsc1CO. The van der Waals surface area contributed by atoms with E-state index in [4.69, 9.17) is 5.11 Å². The molecule has 0 atom stereocenters. The summed E-state index contributed by atoms with van der Waals surface area (Å²) in [5.74, 6) is -0.518. The Morgan fingerprint density at radius 1 is 1.37 bits per heavy atom. The van der Waals surface area contributed by atoms with Crippen LogP contribution in [0.4, 0.5) is 10.1 Å². The average molecular weight is 301 g/mol. The van der Waals surface area contributed by atoms with Crippen LogP contribution in [0, 0.1) is 12.7 Å². The van der Waals surface area contributed by atoms with Crippen molar-refractivity contribution < 1.29 is 17.9 Å². The van der Waals surface area contributed by atoms with Crippen molar-refractivity contribution in [3.8, 4) is 0 Å². The molecule has 0 fully saturated rings. The highest BCUT2D eigenvalue weighted by Crippen LogP contribution is 2.25. The van der Waals surface area contributed by atoms with Gasteiger partial charge in [-0.15, -0.1) is 11.3 Å². The third-order valence-corrected chi connectivity index (χ3v) is 5.07. The molecule has 2 N–H and O–H groups in total. The van der Waals surface area contributed by atoms with Gasteiger partial charge in [0.2, 0.25) is 0 Å². The lowest BCUT2D eigenvalue weighted by Gasteiger charge is -2.10. The minimum absolute atomic E-state index is 0.0173. The number of halogens is 1. The largest absolute Gasteiger partial charge is 0.391 e. The molecule has 0 bridgehead atoms. The van der Waals surface area contributed by atoms with E-state index in [0.29, 0.717) is 10.4 Å². The Morgan fingerprint density at radius 3 is 2.79 bits per heavy atom. The summed E-state index contributed by atoms with van der Waals surface area (Å²) in [7, 11) is -3.82. The van der Waals surface area contributed by atoms with Crippen LogP contribution in [0.5, 0.6) is 0 Å². The highest BCUT2D eigenvalue weighted by Gasteiger charge is 2.20. The number of aryl methyl sites for hydroxylation is 1. The average Bonchev–Trinajstić information content (AvgIpc) is 2.82. The van der Waals surface area contributed by atoms with Crippen LogP contribution in [0.2, 0.25) is 0 Å². The Morgan fingerprint density at radius 2 is 2.11 bits per heavy atom. The van der Waals surface area contributed by atoms with Crippen LogP contribution in [0.25, 0.3) is 0 Å². The van der Waals surface area contributed by atoms with Gasteiger partial charge in [-0.3, -0.25) is 4.72 Å². The van der Waals surface area contributed by atoms with Gasteiger partial charge in [-0.25, -0.2) is 12.8 Å².